The molecule has 1 fully saturated rings. The molecule has 0 unspecified atom stereocenters. The second-order valence-electron chi connectivity index (χ2n) is 4.78. The van der Waals surface area contributed by atoms with Gasteiger partial charge < -0.3 is 15.7 Å². The molecule has 100 valence electrons. The Labute approximate surface area is 111 Å². The maximum absolute atomic E-state index is 11.6. The van der Waals surface area contributed by atoms with Crippen LogP contribution in [0.1, 0.15) is 30.5 Å². The quantitative estimate of drug-likeness (QED) is 0.728. The van der Waals surface area contributed by atoms with Crippen LogP contribution in [0, 0.1) is 5.41 Å². The maximum Gasteiger partial charge on any atom is 0.315 e. The van der Waals surface area contributed by atoms with Crippen molar-refractivity contribution in [2.24, 2.45) is 5.41 Å². The molecule has 0 aliphatic heterocycles. The smallest absolute Gasteiger partial charge is 0.315 e. The molecule has 2 amide bonds. The first-order chi connectivity index (χ1) is 8.67. The Morgan fingerprint density at radius 2 is 2.33 bits per heavy atom. The maximum atomic E-state index is 11.6. The molecule has 0 bridgehead atoms. The van der Waals surface area contributed by atoms with Crippen LogP contribution in [-0.2, 0) is 13.0 Å². The Balaban J connectivity index is 1.68. The second-order valence-corrected chi connectivity index (χ2v) is 5.72. The third kappa shape index (κ3) is 3.43. The number of hydrogen-bond acceptors (Lipinski definition) is 4. The number of carbonyl (C=O) groups is 1. The lowest BCUT2D eigenvalue weighted by atomic mass is 10.1. The highest BCUT2D eigenvalue weighted by Crippen LogP contribution is 2.44. The molecule has 1 aromatic rings. The normalized spacial score (nSPS) is 16.3. The number of hydrogen-bond donors (Lipinski definition) is 3. The van der Waals surface area contributed by atoms with E-state index in [0.717, 1.165) is 30.0 Å². The van der Waals surface area contributed by atoms with Crippen molar-refractivity contribution in [3.8, 4) is 0 Å². The van der Waals surface area contributed by atoms with Gasteiger partial charge in [-0.3, -0.25) is 0 Å². The van der Waals surface area contributed by atoms with Crippen molar-refractivity contribution in [2.45, 2.75) is 32.7 Å². The minimum Gasteiger partial charge on any atom is -0.396 e. The number of carbonyl (C=O) groups excluding carboxylic acids is 1. The van der Waals surface area contributed by atoms with Gasteiger partial charge in [0, 0.05) is 17.3 Å². The third-order valence-electron chi connectivity index (χ3n) is 3.25. The fourth-order valence-electron chi connectivity index (χ4n) is 1.66. The van der Waals surface area contributed by atoms with E-state index in [2.05, 4.69) is 22.5 Å². The predicted octanol–water partition coefficient (Wildman–Crippen LogP) is 1.28. The lowest BCUT2D eigenvalue weighted by Crippen LogP contribution is -2.39. The van der Waals surface area contributed by atoms with Crippen LogP contribution in [0.4, 0.5) is 4.79 Å². The molecule has 0 radical (unpaired) electrons. The monoisotopic (exact) mass is 269 g/mol. The van der Waals surface area contributed by atoms with Crippen LogP contribution in [-0.4, -0.2) is 29.3 Å². The van der Waals surface area contributed by atoms with Crippen molar-refractivity contribution in [3.05, 3.63) is 16.1 Å². The van der Waals surface area contributed by atoms with Crippen molar-refractivity contribution < 1.29 is 9.90 Å². The van der Waals surface area contributed by atoms with Crippen LogP contribution < -0.4 is 10.6 Å². The van der Waals surface area contributed by atoms with Crippen LogP contribution in [0.25, 0.3) is 0 Å². The summed E-state index contributed by atoms with van der Waals surface area (Å²) in [5, 5.41) is 17.7. The van der Waals surface area contributed by atoms with E-state index in [9.17, 15) is 4.79 Å². The third-order valence-corrected chi connectivity index (χ3v) is 4.29. The molecule has 0 saturated heterocycles. The number of rotatable bonds is 6. The topological polar surface area (TPSA) is 74.2 Å². The lowest BCUT2D eigenvalue weighted by molar-refractivity contribution is 0.203. The highest BCUT2D eigenvalue weighted by molar-refractivity contribution is 7.09. The van der Waals surface area contributed by atoms with Crippen LogP contribution in [0.5, 0.6) is 0 Å². The number of aliphatic hydroxyl groups is 1. The fourth-order valence-corrected chi connectivity index (χ4v) is 2.41. The van der Waals surface area contributed by atoms with Gasteiger partial charge in [-0.2, -0.15) is 0 Å². The Kier molecular flexibility index (Phi) is 4.19. The summed E-state index contributed by atoms with van der Waals surface area (Å²) in [6.45, 7) is 3.22. The Morgan fingerprint density at radius 3 is 2.89 bits per heavy atom. The van der Waals surface area contributed by atoms with Crippen molar-refractivity contribution in [1.82, 2.24) is 15.6 Å². The van der Waals surface area contributed by atoms with Gasteiger partial charge in [-0.05, 0) is 19.3 Å². The summed E-state index contributed by atoms with van der Waals surface area (Å²) in [6, 6.07) is -0.194. The molecule has 5 nitrogen and oxygen atoms in total. The average Bonchev–Trinajstić information content (AvgIpc) is 3.04. The summed E-state index contributed by atoms with van der Waals surface area (Å²) in [7, 11) is 0. The first-order valence-electron chi connectivity index (χ1n) is 6.23. The van der Waals surface area contributed by atoms with Crippen molar-refractivity contribution in [3.63, 3.8) is 0 Å². The number of nitrogens with zero attached hydrogens (tertiary/aromatic N) is 1. The van der Waals surface area contributed by atoms with E-state index >= 15 is 0 Å². The molecule has 0 atom stereocenters. The molecule has 1 aromatic heterocycles. The van der Waals surface area contributed by atoms with Gasteiger partial charge >= 0.3 is 6.03 Å². The number of aliphatic hydroxyl groups excluding tert-OH is 1. The van der Waals surface area contributed by atoms with Gasteiger partial charge in [-0.1, -0.05) is 6.92 Å². The van der Waals surface area contributed by atoms with Crippen molar-refractivity contribution in [2.75, 3.05) is 13.2 Å². The van der Waals surface area contributed by atoms with E-state index in [0.29, 0.717) is 13.1 Å². The zero-order valence-electron chi connectivity index (χ0n) is 10.5. The largest absolute Gasteiger partial charge is 0.396 e. The summed E-state index contributed by atoms with van der Waals surface area (Å²) in [6.07, 6.45) is 2.92. The van der Waals surface area contributed by atoms with Crippen LogP contribution >= 0.6 is 11.3 Å². The summed E-state index contributed by atoms with van der Waals surface area (Å²) in [5.41, 5.74) is 0.850. The van der Waals surface area contributed by atoms with Crippen LogP contribution in [0.3, 0.4) is 0 Å². The molecule has 6 heteroatoms. The number of aromatic nitrogens is 1. The molecule has 2 rings (SSSR count). The summed E-state index contributed by atoms with van der Waals surface area (Å²) >= 11 is 1.62. The van der Waals surface area contributed by atoms with Gasteiger partial charge in [0.2, 0.25) is 0 Å². The standard InChI is InChI=1S/C12H19N3O2S/c1-2-10-15-9(6-18-10)5-13-11(17)14-7-12(8-16)3-4-12/h6,16H,2-5,7-8H2,1H3,(H2,13,14,17). The van der Waals surface area contributed by atoms with Crippen molar-refractivity contribution in [1.29, 1.82) is 0 Å². The molecule has 0 spiro atoms. The lowest BCUT2D eigenvalue weighted by Gasteiger charge is -2.12. The first kappa shape index (κ1) is 13.3. The van der Waals surface area contributed by atoms with Gasteiger partial charge in [0.15, 0.2) is 0 Å². The minimum atomic E-state index is -0.194. The van der Waals surface area contributed by atoms with E-state index in [1.54, 1.807) is 11.3 Å². The van der Waals surface area contributed by atoms with E-state index < -0.39 is 0 Å². The van der Waals surface area contributed by atoms with Gasteiger partial charge in [0.1, 0.15) is 0 Å². The van der Waals surface area contributed by atoms with E-state index in [1.807, 2.05) is 5.38 Å². The van der Waals surface area contributed by atoms with E-state index in [1.165, 1.54) is 0 Å². The van der Waals surface area contributed by atoms with Gasteiger partial charge in [-0.15, -0.1) is 11.3 Å². The Hall–Kier alpha value is -1.14. The molecule has 0 aromatic carbocycles. The molecular formula is C12H19N3O2S. The Bertz CT molecular complexity index is 415. The molecule has 3 N–H and O–H groups in total. The minimum absolute atomic E-state index is 0.0483. The highest BCUT2D eigenvalue weighted by Gasteiger charge is 2.42. The second kappa shape index (κ2) is 5.67. The summed E-state index contributed by atoms with van der Waals surface area (Å²) in [4.78, 5) is 15.9. The number of amides is 2. The van der Waals surface area contributed by atoms with Gasteiger partial charge in [-0.25, -0.2) is 9.78 Å². The first-order valence-corrected chi connectivity index (χ1v) is 7.11. The molecule has 1 aliphatic carbocycles. The fraction of sp³-hybridized carbons (Fsp3) is 0.667. The Morgan fingerprint density at radius 1 is 1.56 bits per heavy atom. The number of thiazole rings is 1. The predicted molar refractivity (Wildman–Crippen MR) is 70.5 cm³/mol. The molecule has 1 heterocycles. The van der Waals surface area contributed by atoms with Crippen LogP contribution in [0.2, 0.25) is 0 Å². The average molecular weight is 269 g/mol. The van der Waals surface area contributed by atoms with E-state index in [4.69, 9.17) is 5.11 Å². The summed E-state index contributed by atoms with van der Waals surface area (Å²) < 4.78 is 0. The molecule has 18 heavy (non-hydrogen) atoms. The molecule has 1 aliphatic rings. The number of aryl methyl sites for hydroxylation is 1. The zero-order valence-corrected chi connectivity index (χ0v) is 11.3. The number of urea groups is 1. The van der Waals surface area contributed by atoms with E-state index in [-0.39, 0.29) is 18.1 Å². The van der Waals surface area contributed by atoms with Gasteiger partial charge in [0.25, 0.3) is 0 Å². The van der Waals surface area contributed by atoms with Gasteiger partial charge in [0.05, 0.1) is 23.9 Å². The van der Waals surface area contributed by atoms with Crippen LogP contribution in [0.15, 0.2) is 5.38 Å². The van der Waals surface area contributed by atoms with Crippen molar-refractivity contribution >= 4 is 17.4 Å². The highest BCUT2D eigenvalue weighted by atomic mass is 32.1. The zero-order chi connectivity index (χ0) is 13.0. The summed E-state index contributed by atoms with van der Waals surface area (Å²) in [5.74, 6) is 0. The molecule has 1 saturated carbocycles. The SMILES string of the molecule is CCc1nc(CNC(=O)NCC2(CO)CC2)cs1. The molecular weight excluding hydrogens is 250 g/mol. The number of nitrogens with one attached hydrogen (secondary N) is 2.